The molecule has 1 N–H and O–H groups in total. The fourth-order valence-electron chi connectivity index (χ4n) is 3.97. The second kappa shape index (κ2) is 8.38. The molecule has 0 aliphatic carbocycles. The minimum Gasteiger partial charge on any atom is -0.494 e. The van der Waals surface area contributed by atoms with Gasteiger partial charge in [0, 0.05) is 28.3 Å². The molecule has 2 heterocycles. The number of aryl methyl sites for hydroxylation is 1. The number of methoxy groups -OCH3 is 1. The molecule has 1 unspecified atom stereocenters. The lowest BCUT2D eigenvalue weighted by Gasteiger charge is -2.26. The van der Waals surface area contributed by atoms with Crippen molar-refractivity contribution in [3.63, 3.8) is 0 Å². The second-order valence-corrected chi connectivity index (χ2v) is 7.86. The zero-order valence-corrected chi connectivity index (χ0v) is 17.2. The van der Waals surface area contributed by atoms with Gasteiger partial charge >= 0.3 is 0 Å². The Hall–Kier alpha value is -2.30. The largest absolute Gasteiger partial charge is 0.494 e. The number of rotatable bonds is 6. The molecule has 1 fully saturated rings. The van der Waals surface area contributed by atoms with Gasteiger partial charge in [0.15, 0.2) is 0 Å². The molecule has 146 valence electrons. The predicted octanol–water partition coefficient (Wildman–Crippen LogP) is 5.45. The van der Waals surface area contributed by atoms with E-state index in [9.17, 15) is 0 Å². The van der Waals surface area contributed by atoms with Gasteiger partial charge in [-0.15, -0.1) is 0 Å². The number of aromatic nitrogens is 1. The maximum atomic E-state index is 6.13. The Labute approximate surface area is 171 Å². The van der Waals surface area contributed by atoms with Crippen molar-refractivity contribution < 1.29 is 4.74 Å². The minimum atomic E-state index is 0.173. The van der Waals surface area contributed by atoms with Crippen LogP contribution in [-0.2, 0) is 0 Å². The molecule has 2 aromatic carbocycles. The summed E-state index contributed by atoms with van der Waals surface area (Å²) < 4.78 is 5.53. The SMILES string of the molecule is COc1cccc2c(NC(CN3CCCC3)c3ccc(Cl)cc3)cc(C)nc12. The number of para-hydroxylation sites is 1. The van der Waals surface area contributed by atoms with Crippen LogP contribution in [0.25, 0.3) is 10.9 Å². The highest BCUT2D eigenvalue weighted by molar-refractivity contribution is 6.30. The standard InChI is InChI=1S/C23H26ClN3O/c1-16-14-20(19-6-5-7-22(28-2)23(19)25-16)26-21(15-27-12-3-4-13-27)17-8-10-18(24)11-9-17/h5-11,14,21H,3-4,12-13,15H2,1-2H3,(H,25,26). The molecule has 5 heteroatoms. The zero-order chi connectivity index (χ0) is 19.5. The number of hydrogen-bond acceptors (Lipinski definition) is 4. The Morgan fingerprint density at radius 3 is 2.61 bits per heavy atom. The van der Waals surface area contributed by atoms with Crippen LogP contribution in [0, 0.1) is 6.92 Å². The van der Waals surface area contributed by atoms with E-state index < -0.39 is 0 Å². The minimum absolute atomic E-state index is 0.173. The number of hydrogen-bond donors (Lipinski definition) is 1. The molecule has 3 aromatic rings. The third kappa shape index (κ3) is 4.08. The molecule has 0 bridgehead atoms. The summed E-state index contributed by atoms with van der Waals surface area (Å²) in [6, 6.07) is 16.5. The van der Waals surface area contributed by atoms with E-state index in [4.69, 9.17) is 21.3 Å². The summed E-state index contributed by atoms with van der Waals surface area (Å²) >= 11 is 6.13. The predicted molar refractivity (Wildman–Crippen MR) is 117 cm³/mol. The lowest BCUT2D eigenvalue weighted by molar-refractivity contribution is 0.323. The molecule has 0 spiro atoms. The lowest BCUT2D eigenvalue weighted by Crippen LogP contribution is -2.29. The first kappa shape index (κ1) is 19.0. The van der Waals surface area contributed by atoms with Gasteiger partial charge in [-0.2, -0.15) is 0 Å². The van der Waals surface area contributed by atoms with Crippen LogP contribution in [0.2, 0.25) is 5.02 Å². The summed E-state index contributed by atoms with van der Waals surface area (Å²) in [5.41, 5.74) is 4.18. The molecule has 1 saturated heterocycles. The molecule has 1 aliphatic rings. The Balaban J connectivity index is 1.72. The average molecular weight is 396 g/mol. The Morgan fingerprint density at radius 2 is 1.89 bits per heavy atom. The first-order chi connectivity index (χ1) is 13.6. The van der Waals surface area contributed by atoms with Gasteiger partial charge in [-0.3, -0.25) is 0 Å². The Morgan fingerprint density at radius 1 is 1.14 bits per heavy atom. The molecule has 1 atom stereocenters. The van der Waals surface area contributed by atoms with Crippen LogP contribution in [0.4, 0.5) is 5.69 Å². The topological polar surface area (TPSA) is 37.4 Å². The quantitative estimate of drug-likeness (QED) is 0.601. The Kier molecular flexibility index (Phi) is 5.69. The van der Waals surface area contributed by atoms with Crippen LogP contribution < -0.4 is 10.1 Å². The highest BCUT2D eigenvalue weighted by atomic mass is 35.5. The fraction of sp³-hybridized carbons (Fsp3) is 0.348. The molecule has 1 aliphatic heterocycles. The highest BCUT2D eigenvalue weighted by Crippen LogP contribution is 2.32. The number of likely N-dealkylation sites (tertiary alicyclic amines) is 1. The molecule has 0 amide bonds. The number of pyridine rings is 1. The third-order valence-corrected chi connectivity index (χ3v) is 5.64. The van der Waals surface area contributed by atoms with Crippen LogP contribution >= 0.6 is 11.6 Å². The van der Waals surface area contributed by atoms with Crippen molar-refractivity contribution in [2.24, 2.45) is 0 Å². The van der Waals surface area contributed by atoms with Crippen molar-refractivity contribution in [2.75, 3.05) is 32.1 Å². The fourth-order valence-corrected chi connectivity index (χ4v) is 4.10. The zero-order valence-electron chi connectivity index (χ0n) is 16.4. The molecule has 4 nitrogen and oxygen atoms in total. The van der Waals surface area contributed by atoms with Crippen LogP contribution in [0.3, 0.4) is 0 Å². The van der Waals surface area contributed by atoms with Crippen LogP contribution in [0.5, 0.6) is 5.75 Å². The molecule has 28 heavy (non-hydrogen) atoms. The average Bonchev–Trinajstić information content (AvgIpc) is 3.21. The van der Waals surface area contributed by atoms with Gasteiger partial charge in [-0.25, -0.2) is 4.98 Å². The van der Waals surface area contributed by atoms with E-state index >= 15 is 0 Å². The van der Waals surface area contributed by atoms with E-state index in [0.29, 0.717) is 0 Å². The molecular weight excluding hydrogens is 370 g/mol. The molecule has 4 rings (SSSR count). The number of anilines is 1. The number of fused-ring (bicyclic) bond motifs is 1. The summed E-state index contributed by atoms with van der Waals surface area (Å²) in [6.07, 6.45) is 2.56. The first-order valence-electron chi connectivity index (χ1n) is 9.83. The van der Waals surface area contributed by atoms with E-state index in [1.54, 1.807) is 7.11 Å². The summed E-state index contributed by atoms with van der Waals surface area (Å²) in [6.45, 7) is 5.31. The van der Waals surface area contributed by atoms with Gasteiger partial charge < -0.3 is 15.0 Å². The maximum absolute atomic E-state index is 6.13. The van der Waals surface area contributed by atoms with Crippen molar-refractivity contribution in [1.29, 1.82) is 0 Å². The van der Waals surface area contributed by atoms with Gasteiger partial charge in [-0.1, -0.05) is 35.9 Å². The van der Waals surface area contributed by atoms with Crippen LogP contribution in [-0.4, -0.2) is 36.6 Å². The van der Waals surface area contributed by atoms with E-state index in [1.165, 1.54) is 18.4 Å². The van der Waals surface area contributed by atoms with E-state index in [0.717, 1.165) is 52.7 Å². The highest BCUT2D eigenvalue weighted by Gasteiger charge is 2.20. The first-order valence-corrected chi connectivity index (χ1v) is 10.2. The van der Waals surface area contributed by atoms with Crippen LogP contribution in [0.1, 0.15) is 30.1 Å². The van der Waals surface area contributed by atoms with Gasteiger partial charge in [0.2, 0.25) is 0 Å². The molecular formula is C23H26ClN3O. The normalized spacial score (nSPS) is 15.7. The summed E-state index contributed by atoms with van der Waals surface area (Å²) in [5.74, 6) is 0.798. The lowest BCUT2D eigenvalue weighted by atomic mass is 10.0. The Bertz CT molecular complexity index is 952. The van der Waals surface area contributed by atoms with Crippen molar-refractivity contribution in [1.82, 2.24) is 9.88 Å². The van der Waals surface area contributed by atoms with Crippen molar-refractivity contribution in [3.05, 3.63) is 64.8 Å². The number of nitrogens with one attached hydrogen (secondary N) is 1. The van der Waals surface area contributed by atoms with Crippen molar-refractivity contribution >= 4 is 28.2 Å². The molecule has 0 saturated carbocycles. The smallest absolute Gasteiger partial charge is 0.145 e. The maximum Gasteiger partial charge on any atom is 0.145 e. The number of benzene rings is 2. The van der Waals surface area contributed by atoms with E-state index in [2.05, 4.69) is 34.5 Å². The van der Waals surface area contributed by atoms with Gasteiger partial charge in [0.1, 0.15) is 11.3 Å². The van der Waals surface area contributed by atoms with Gasteiger partial charge in [0.25, 0.3) is 0 Å². The number of nitrogens with zero attached hydrogens (tertiary/aromatic N) is 2. The summed E-state index contributed by atoms with van der Waals surface area (Å²) in [4.78, 5) is 7.24. The molecule has 1 aromatic heterocycles. The third-order valence-electron chi connectivity index (χ3n) is 5.39. The van der Waals surface area contributed by atoms with Crippen molar-refractivity contribution in [3.8, 4) is 5.75 Å². The second-order valence-electron chi connectivity index (χ2n) is 7.42. The monoisotopic (exact) mass is 395 g/mol. The summed E-state index contributed by atoms with van der Waals surface area (Å²) in [7, 11) is 1.69. The van der Waals surface area contributed by atoms with Crippen molar-refractivity contribution in [2.45, 2.75) is 25.8 Å². The number of ether oxygens (including phenoxy) is 1. The summed E-state index contributed by atoms with van der Waals surface area (Å²) in [5, 5.41) is 5.63. The van der Waals surface area contributed by atoms with Crippen LogP contribution in [0.15, 0.2) is 48.5 Å². The van der Waals surface area contributed by atoms with E-state index in [1.807, 2.05) is 31.2 Å². The molecule has 0 radical (unpaired) electrons. The van der Waals surface area contributed by atoms with Gasteiger partial charge in [-0.05, 0) is 62.7 Å². The number of halogens is 1. The van der Waals surface area contributed by atoms with E-state index in [-0.39, 0.29) is 6.04 Å². The van der Waals surface area contributed by atoms with Gasteiger partial charge in [0.05, 0.1) is 13.2 Å².